The number of nitrogens with one attached hydrogen (secondary N) is 1. The number of urea groups is 1. The number of amides is 3. The minimum absolute atomic E-state index is 0.0383. The van der Waals surface area contributed by atoms with Gasteiger partial charge in [-0.3, -0.25) is 4.79 Å². The largest absolute Gasteiger partial charge is 0.497 e. The van der Waals surface area contributed by atoms with Crippen molar-refractivity contribution in [1.29, 1.82) is 0 Å². The molecule has 1 N–H and O–H groups in total. The first-order chi connectivity index (χ1) is 20.7. The summed E-state index contributed by atoms with van der Waals surface area (Å²) in [5.74, 6) is 0.117. The van der Waals surface area contributed by atoms with Crippen molar-refractivity contribution in [3.63, 3.8) is 0 Å². The molecule has 1 atom stereocenters. The fourth-order valence-electron chi connectivity index (χ4n) is 5.10. The van der Waals surface area contributed by atoms with E-state index in [1.807, 2.05) is 42.5 Å². The quantitative estimate of drug-likeness (QED) is 0.238. The third-order valence-corrected chi connectivity index (χ3v) is 7.29. The Labute approximate surface area is 248 Å². The maximum absolute atomic E-state index is 13.9. The Bertz CT molecular complexity index is 1600. The van der Waals surface area contributed by atoms with Crippen LogP contribution in [-0.2, 0) is 17.5 Å². The number of alkyl halides is 3. The second kappa shape index (κ2) is 12.9. The molecule has 0 bridgehead atoms. The van der Waals surface area contributed by atoms with E-state index in [9.17, 15) is 22.8 Å². The monoisotopic (exact) mass is 585 g/mol. The Morgan fingerprint density at radius 3 is 2.30 bits per heavy atom. The first kappa shape index (κ1) is 29.4. The lowest BCUT2D eigenvalue weighted by Crippen LogP contribution is -2.46. The van der Waals surface area contributed by atoms with E-state index in [2.05, 4.69) is 5.32 Å². The van der Waals surface area contributed by atoms with Gasteiger partial charge in [-0.15, -0.1) is 0 Å². The first-order valence-electron chi connectivity index (χ1n) is 13.7. The van der Waals surface area contributed by atoms with Crippen molar-refractivity contribution in [3.05, 3.63) is 132 Å². The normalized spacial score (nSPS) is 16.3. The number of methoxy groups -OCH3 is 1. The minimum Gasteiger partial charge on any atom is -0.497 e. The van der Waals surface area contributed by atoms with Gasteiger partial charge in [0.15, 0.2) is 0 Å². The highest BCUT2D eigenvalue weighted by atomic mass is 19.4. The van der Waals surface area contributed by atoms with Crippen molar-refractivity contribution in [2.24, 2.45) is 0 Å². The van der Waals surface area contributed by atoms with Gasteiger partial charge < -0.3 is 19.9 Å². The first-order valence-corrected chi connectivity index (χ1v) is 13.7. The van der Waals surface area contributed by atoms with Crippen LogP contribution in [0.4, 0.5) is 23.7 Å². The van der Waals surface area contributed by atoms with Crippen LogP contribution in [0.1, 0.15) is 22.7 Å². The number of anilines is 1. The Morgan fingerprint density at radius 2 is 1.58 bits per heavy atom. The van der Waals surface area contributed by atoms with Crippen LogP contribution in [0.5, 0.6) is 5.75 Å². The van der Waals surface area contributed by atoms with Crippen molar-refractivity contribution < 1.29 is 27.5 Å². The maximum atomic E-state index is 13.9. The Kier molecular flexibility index (Phi) is 8.80. The molecular formula is C34H30F3N3O3. The number of ether oxygens (including phenoxy) is 1. The summed E-state index contributed by atoms with van der Waals surface area (Å²) in [6, 6.07) is 28.0. The number of carbonyl (C=O) groups is 2. The molecule has 0 aliphatic carbocycles. The molecule has 1 unspecified atom stereocenters. The molecule has 0 saturated carbocycles. The van der Waals surface area contributed by atoms with Crippen LogP contribution in [0.25, 0.3) is 11.1 Å². The predicted molar refractivity (Wildman–Crippen MR) is 159 cm³/mol. The molecular weight excluding hydrogens is 555 g/mol. The van der Waals surface area contributed by atoms with Gasteiger partial charge in [-0.05, 0) is 41.0 Å². The van der Waals surface area contributed by atoms with Crippen molar-refractivity contribution in [1.82, 2.24) is 9.80 Å². The Hall–Kier alpha value is -5.05. The predicted octanol–water partition coefficient (Wildman–Crippen LogP) is 7.55. The lowest BCUT2D eigenvalue weighted by molar-refractivity contribution is -0.140. The smallest absolute Gasteiger partial charge is 0.416 e. The molecule has 1 aliphatic rings. The van der Waals surface area contributed by atoms with Crippen LogP contribution in [-0.4, -0.2) is 41.9 Å². The molecule has 0 fully saturated rings. The van der Waals surface area contributed by atoms with Crippen molar-refractivity contribution in [3.8, 4) is 16.9 Å². The summed E-state index contributed by atoms with van der Waals surface area (Å²) in [5, 5.41) is 2.92. The molecule has 220 valence electrons. The summed E-state index contributed by atoms with van der Waals surface area (Å²) < 4.78 is 46.9. The zero-order chi connectivity index (χ0) is 30.4. The third-order valence-electron chi connectivity index (χ3n) is 7.29. The topological polar surface area (TPSA) is 61.9 Å². The number of carbonyl (C=O) groups excluding carboxylic acids is 2. The van der Waals surface area contributed by atoms with Gasteiger partial charge >= 0.3 is 12.2 Å². The van der Waals surface area contributed by atoms with Crippen LogP contribution < -0.4 is 10.1 Å². The standard InChI is InChI=1S/C34H30F3N3O3/c1-43-27-19-17-25(18-20-27)31-16-9-21-39(23-32(41)40(31)22-26-12-5-7-14-29(26)34(35,36)37)33(42)38-30-15-8-6-13-28(30)24-10-3-2-4-11-24/h2-20,31H,21-23H2,1H3,(H,38,42)/b16-9-. The van der Waals surface area contributed by atoms with Gasteiger partial charge in [0.1, 0.15) is 12.3 Å². The molecule has 0 aromatic heterocycles. The van der Waals surface area contributed by atoms with Crippen molar-refractivity contribution in [2.75, 3.05) is 25.5 Å². The van der Waals surface area contributed by atoms with Crippen LogP contribution in [0, 0.1) is 0 Å². The molecule has 4 aromatic rings. The summed E-state index contributed by atoms with van der Waals surface area (Å²) in [6.45, 7) is -0.503. The second-order valence-corrected chi connectivity index (χ2v) is 10.0. The van der Waals surface area contributed by atoms with E-state index in [1.165, 1.54) is 35.1 Å². The number of halogens is 3. The maximum Gasteiger partial charge on any atom is 0.416 e. The van der Waals surface area contributed by atoms with Crippen LogP contribution in [0.3, 0.4) is 0 Å². The van der Waals surface area contributed by atoms with E-state index in [0.717, 1.165) is 17.2 Å². The molecule has 6 nitrogen and oxygen atoms in total. The lowest BCUT2D eigenvalue weighted by atomic mass is 10.0. The minimum atomic E-state index is -4.59. The number of hydrogen-bond acceptors (Lipinski definition) is 3. The van der Waals surface area contributed by atoms with E-state index in [1.54, 1.807) is 48.6 Å². The van der Waals surface area contributed by atoms with E-state index in [-0.39, 0.29) is 25.2 Å². The number of rotatable bonds is 6. The van der Waals surface area contributed by atoms with Gasteiger partial charge in [-0.25, -0.2) is 4.79 Å². The van der Waals surface area contributed by atoms with E-state index in [4.69, 9.17) is 4.74 Å². The molecule has 3 amide bonds. The summed E-state index contributed by atoms with van der Waals surface area (Å²) in [7, 11) is 1.53. The molecule has 1 heterocycles. The Balaban J connectivity index is 1.45. The third kappa shape index (κ3) is 6.89. The van der Waals surface area contributed by atoms with E-state index >= 15 is 0 Å². The molecule has 0 spiro atoms. The summed E-state index contributed by atoms with van der Waals surface area (Å²) in [6.07, 6.45) is -1.09. The van der Waals surface area contributed by atoms with Gasteiger partial charge in [0, 0.05) is 18.7 Å². The summed E-state index contributed by atoms with van der Waals surface area (Å²) >= 11 is 0. The summed E-state index contributed by atoms with van der Waals surface area (Å²) in [5.41, 5.74) is 2.15. The van der Waals surface area contributed by atoms with Gasteiger partial charge in [0.25, 0.3) is 0 Å². The molecule has 1 aliphatic heterocycles. The molecule has 43 heavy (non-hydrogen) atoms. The molecule has 0 saturated heterocycles. The zero-order valence-electron chi connectivity index (χ0n) is 23.4. The van der Waals surface area contributed by atoms with E-state index in [0.29, 0.717) is 17.0 Å². The molecule has 0 radical (unpaired) electrons. The SMILES string of the molecule is COc1ccc(C2/C=C\CN(C(=O)Nc3ccccc3-c3ccccc3)CC(=O)N2Cc2ccccc2C(F)(F)F)cc1. The molecule has 4 aromatic carbocycles. The van der Waals surface area contributed by atoms with Gasteiger partial charge in [0.2, 0.25) is 5.91 Å². The fraction of sp³-hybridized carbons (Fsp3) is 0.176. The molecule has 9 heteroatoms. The summed E-state index contributed by atoms with van der Waals surface area (Å²) in [4.78, 5) is 30.1. The van der Waals surface area contributed by atoms with E-state index < -0.39 is 29.7 Å². The number of benzene rings is 4. The van der Waals surface area contributed by atoms with Crippen LogP contribution >= 0.6 is 0 Å². The highest BCUT2D eigenvalue weighted by Gasteiger charge is 2.35. The van der Waals surface area contributed by atoms with Crippen LogP contribution in [0.2, 0.25) is 0 Å². The van der Waals surface area contributed by atoms with Gasteiger partial charge in [-0.1, -0.05) is 91.0 Å². The number of hydrogen-bond donors (Lipinski definition) is 1. The van der Waals surface area contributed by atoms with Gasteiger partial charge in [-0.2, -0.15) is 13.2 Å². The highest BCUT2D eigenvalue weighted by molar-refractivity contribution is 5.96. The highest BCUT2D eigenvalue weighted by Crippen LogP contribution is 2.35. The Morgan fingerprint density at radius 1 is 0.907 bits per heavy atom. The average molecular weight is 586 g/mol. The molecule has 5 rings (SSSR count). The number of para-hydroxylation sites is 1. The second-order valence-electron chi connectivity index (χ2n) is 10.0. The zero-order valence-corrected chi connectivity index (χ0v) is 23.4. The van der Waals surface area contributed by atoms with Gasteiger partial charge in [0.05, 0.1) is 24.4 Å². The average Bonchev–Trinajstić information content (AvgIpc) is 3.01. The van der Waals surface area contributed by atoms with Crippen LogP contribution in [0.15, 0.2) is 115 Å². The van der Waals surface area contributed by atoms with Crippen molar-refractivity contribution in [2.45, 2.75) is 18.8 Å². The lowest BCUT2D eigenvalue weighted by Gasteiger charge is -2.35. The number of nitrogens with zero attached hydrogens (tertiary/aromatic N) is 2. The fourth-order valence-corrected chi connectivity index (χ4v) is 5.10. The van der Waals surface area contributed by atoms with Crippen molar-refractivity contribution >= 4 is 17.6 Å².